The fourth-order valence-electron chi connectivity index (χ4n) is 2.04. The van der Waals surface area contributed by atoms with E-state index in [0.29, 0.717) is 18.5 Å². The maximum atomic E-state index is 11.9. The molecule has 0 aliphatic carbocycles. The zero-order chi connectivity index (χ0) is 13.4. The van der Waals surface area contributed by atoms with Gasteiger partial charge in [-0.05, 0) is 31.0 Å². The molecule has 0 saturated carbocycles. The SMILES string of the molecule is Cc1ccn2nc(NC(=O)C3CCC(=O)N3)nc2c1. The molecule has 1 aliphatic heterocycles. The molecule has 2 amide bonds. The van der Waals surface area contributed by atoms with Crippen molar-refractivity contribution in [2.24, 2.45) is 0 Å². The Hall–Kier alpha value is -2.44. The van der Waals surface area contributed by atoms with E-state index >= 15 is 0 Å². The van der Waals surface area contributed by atoms with Gasteiger partial charge in [0.2, 0.25) is 17.8 Å². The number of hydrogen-bond acceptors (Lipinski definition) is 4. The number of aromatic nitrogens is 3. The minimum Gasteiger partial charge on any atom is -0.344 e. The summed E-state index contributed by atoms with van der Waals surface area (Å²) < 4.78 is 1.59. The maximum Gasteiger partial charge on any atom is 0.249 e. The summed E-state index contributed by atoms with van der Waals surface area (Å²) in [4.78, 5) is 27.2. The normalized spacial score (nSPS) is 18.6. The van der Waals surface area contributed by atoms with Gasteiger partial charge in [0.1, 0.15) is 6.04 Å². The molecular formula is C12H13N5O2. The van der Waals surface area contributed by atoms with Crippen molar-refractivity contribution < 1.29 is 9.59 Å². The van der Waals surface area contributed by atoms with Crippen LogP contribution in [0.5, 0.6) is 0 Å². The van der Waals surface area contributed by atoms with E-state index < -0.39 is 6.04 Å². The number of hydrogen-bond donors (Lipinski definition) is 2. The number of nitrogens with one attached hydrogen (secondary N) is 2. The molecule has 1 unspecified atom stereocenters. The average Bonchev–Trinajstić information content (AvgIpc) is 2.94. The Labute approximate surface area is 109 Å². The molecule has 7 nitrogen and oxygen atoms in total. The topological polar surface area (TPSA) is 88.4 Å². The lowest BCUT2D eigenvalue weighted by atomic mass is 10.2. The van der Waals surface area contributed by atoms with E-state index in [4.69, 9.17) is 0 Å². The molecule has 2 aromatic heterocycles. The summed E-state index contributed by atoms with van der Waals surface area (Å²) in [6, 6.07) is 3.30. The lowest BCUT2D eigenvalue weighted by molar-refractivity contribution is -0.122. The third-order valence-electron chi connectivity index (χ3n) is 3.04. The van der Waals surface area contributed by atoms with E-state index in [2.05, 4.69) is 20.7 Å². The standard InChI is InChI=1S/C12H13N5O2/c1-7-4-5-17-9(6-7)14-12(16-17)15-11(19)8-2-3-10(18)13-8/h4-6,8H,2-3H2,1H3,(H,13,18)(H,15,16,19). The van der Waals surface area contributed by atoms with Crippen molar-refractivity contribution in [3.8, 4) is 0 Å². The van der Waals surface area contributed by atoms with Gasteiger partial charge >= 0.3 is 0 Å². The minimum atomic E-state index is -0.485. The van der Waals surface area contributed by atoms with Gasteiger partial charge in [-0.1, -0.05) is 0 Å². The summed E-state index contributed by atoms with van der Waals surface area (Å²) in [7, 11) is 0. The Bertz CT molecular complexity index is 663. The van der Waals surface area contributed by atoms with Gasteiger partial charge in [0.25, 0.3) is 0 Å². The molecule has 0 aromatic carbocycles. The molecule has 2 aromatic rings. The number of aryl methyl sites for hydroxylation is 1. The Kier molecular flexibility index (Phi) is 2.66. The summed E-state index contributed by atoms with van der Waals surface area (Å²) in [5.74, 6) is -0.131. The molecule has 1 atom stereocenters. The molecule has 2 N–H and O–H groups in total. The molecule has 0 spiro atoms. The molecule has 19 heavy (non-hydrogen) atoms. The summed E-state index contributed by atoms with van der Waals surface area (Å²) >= 11 is 0. The van der Waals surface area contributed by atoms with Gasteiger partial charge in [-0.2, -0.15) is 4.98 Å². The van der Waals surface area contributed by atoms with Crippen LogP contribution in [0.4, 0.5) is 5.95 Å². The van der Waals surface area contributed by atoms with Crippen LogP contribution < -0.4 is 10.6 Å². The summed E-state index contributed by atoms with van der Waals surface area (Å²) in [6.45, 7) is 1.96. The number of fused-ring (bicyclic) bond motifs is 1. The highest BCUT2D eigenvalue weighted by Gasteiger charge is 2.27. The molecule has 0 radical (unpaired) electrons. The number of amides is 2. The fourth-order valence-corrected chi connectivity index (χ4v) is 2.04. The largest absolute Gasteiger partial charge is 0.344 e. The lowest BCUT2D eigenvalue weighted by Crippen LogP contribution is -2.37. The lowest BCUT2D eigenvalue weighted by Gasteiger charge is -2.07. The quantitative estimate of drug-likeness (QED) is 0.809. The van der Waals surface area contributed by atoms with Crippen LogP contribution in [-0.2, 0) is 9.59 Å². The Morgan fingerprint density at radius 2 is 2.42 bits per heavy atom. The molecule has 1 saturated heterocycles. The van der Waals surface area contributed by atoms with E-state index in [1.165, 1.54) is 0 Å². The molecule has 1 aliphatic rings. The highest BCUT2D eigenvalue weighted by Crippen LogP contribution is 2.11. The van der Waals surface area contributed by atoms with Crippen LogP contribution in [-0.4, -0.2) is 32.5 Å². The van der Waals surface area contributed by atoms with Crippen LogP contribution in [0.25, 0.3) is 5.65 Å². The van der Waals surface area contributed by atoms with Crippen molar-refractivity contribution in [1.82, 2.24) is 19.9 Å². The van der Waals surface area contributed by atoms with E-state index in [-0.39, 0.29) is 17.8 Å². The first-order chi connectivity index (χ1) is 9.11. The molecule has 98 valence electrons. The smallest absolute Gasteiger partial charge is 0.249 e. The highest BCUT2D eigenvalue weighted by atomic mass is 16.2. The van der Waals surface area contributed by atoms with Crippen LogP contribution >= 0.6 is 0 Å². The van der Waals surface area contributed by atoms with Crippen molar-refractivity contribution in [2.45, 2.75) is 25.8 Å². The highest BCUT2D eigenvalue weighted by molar-refractivity contribution is 5.98. The first-order valence-corrected chi connectivity index (χ1v) is 6.05. The second-order valence-electron chi connectivity index (χ2n) is 4.59. The molecule has 7 heteroatoms. The van der Waals surface area contributed by atoms with Crippen LogP contribution in [0.1, 0.15) is 18.4 Å². The number of nitrogens with zero attached hydrogens (tertiary/aromatic N) is 3. The van der Waals surface area contributed by atoms with Crippen LogP contribution in [0.15, 0.2) is 18.3 Å². The van der Waals surface area contributed by atoms with Crippen LogP contribution in [0.3, 0.4) is 0 Å². The average molecular weight is 259 g/mol. The number of rotatable bonds is 2. The first-order valence-electron chi connectivity index (χ1n) is 6.05. The summed E-state index contributed by atoms with van der Waals surface area (Å²) in [5.41, 5.74) is 1.74. The minimum absolute atomic E-state index is 0.0984. The monoisotopic (exact) mass is 259 g/mol. The Morgan fingerprint density at radius 1 is 1.58 bits per heavy atom. The maximum absolute atomic E-state index is 11.9. The van der Waals surface area contributed by atoms with Crippen LogP contribution in [0, 0.1) is 6.92 Å². The third kappa shape index (κ3) is 2.26. The van der Waals surface area contributed by atoms with Gasteiger partial charge in [-0.15, -0.1) is 5.10 Å². The van der Waals surface area contributed by atoms with Gasteiger partial charge in [0.15, 0.2) is 5.65 Å². The molecule has 3 heterocycles. The first kappa shape index (κ1) is 11.6. The van der Waals surface area contributed by atoms with Crippen LogP contribution in [0.2, 0.25) is 0 Å². The van der Waals surface area contributed by atoms with Gasteiger partial charge < -0.3 is 5.32 Å². The predicted octanol–water partition coefficient (Wildman–Crippen LogP) is 0.255. The summed E-state index contributed by atoms with van der Waals surface area (Å²) in [6.07, 6.45) is 2.68. The Balaban J connectivity index is 1.77. The van der Waals surface area contributed by atoms with Crippen molar-refractivity contribution in [1.29, 1.82) is 0 Å². The van der Waals surface area contributed by atoms with E-state index in [1.807, 2.05) is 19.1 Å². The Morgan fingerprint density at radius 3 is 3.16 bits per heavy atom. The van der Waals surface area contributed by atoms with Gasteiger partial charge in [0, 0.05) is 12.6 Å². The second kappa shape index (κ2) is 4.34. The second-order valence-corrected chi connectivity index (χ2v) is 4.59. The zero-order valence-electron chi connectivity index (χ0n) is 10.4. The van der Waals surface area contributed by atoms with E-state index in [0.717, 1.165) is 5.56 Å². The van der Waals surface area contributed by atoms with Crippen molar-refractivity contribution in [3.05, 3.63) is 23.9 Å². The van der Waals surface area contributed by atoms with Gasteiger partial charge in [-0.25, -0.2) is 4.52 Å². The number of carbonyl (C=O) groups is 2. The van der Waals surface area contributed by atoms with E-state index in [9.17, 15) is 9.59 Å². The molecule has 3 rings (SSSR count). The molecular weight excluding hydrogens is 246 g/mol. The number of anilines is 1. The zero-order valence-corrected chi connectivity index (χ0v) is 10.4. The van der Waals surface area contributed by atoms with Crippen molar-refractivity contribution in [3.63, 3.8) is 0 Å². The number of carbonyl (C=O) groups excluding carboxylic acids is 2. The predicted molar refractivity (Wildman–Crippen MR) is 67.5 cm³/mol. The summed E-state index contributed by atoms with van der Waals surface area (Å²) in [5, 5.41) is 9.37. The fraction of sp³-hybridized carbons (Fsp3) is 0.333. The third-order valence-corrected chi connectivity index (χ3v) is 3.04. The van der Waals surface area contributed by atoms with Gasteiger partial charge in [0.05, 0.1) is 0 Å². The number of pyridine rings is 1. The van der Waals surface area contributed by atoms with Gasteiger partial charge in [-0.3, -0.25) is 14.9 Å². The molecule has 0 bridgehead atoms. The molecule has 1 fully saturated rings. The van der Waals surface area contributed by atoms with E-state index in [1.54, 1.807) is 10.7 Å². The van der Waals surface area contributed by atoms with Crippen molar-refractivity contribution in [2.75, 3.05) is 5.32 Å². The van der Waals surface area contributed by atoms with Crippen molar-refractivity contribution >= 4 is 23.4 Å².